The Hall–Kier alpha value is -2.26. The van der Waals surface area contributed by atoms with Crippen molar-refractivity contribution in [1.82, 2.24) is 4.90 Å². The highest BCUT2D eigenvalue weighted by molar-refractivity contribution is 5.95. The summed E-state index contributed by atoms with van der Waals surface area (Å²) in [5.74, 6) is -4.11. The molecule has 1 aromatic carbocycles. The van der Waals surface area contributed by atoms with E-state index in [0.717, 1.165) is 7.05 Å². The van der Waals surface area contributed by atoms with E-state index in [1.165, 1.54) is 0 Å². The van der Waals surface area contributed by atoms with Crippen molar-refractivity contribution in [1.29, 1.82) is 0 Å². The topological polar surface area (TPSA) is 63.5 Å². The molecule has 1 rings (SSSR count). The van der Waals surface area contributed by atoms with Gasteiger partial charge in [-0.3, -0.25) is 14.9 Å². The van der Waals surface area contributed by atoms with Crippen LogP contribution >= 0.6 is 0 Å². The molecule has 0 fully saturated rings. The lowest BCUT2D eigenvalue weighted by atomic mass is 10.1. The molecule has 0 saturated carbocycles. The van der Waals surface area contributed by atoms with Crippen molar-refractivity contribution in [2.45, 2.75) is 12.6 Å². The van der Waals surface area contributed by atoms with Gasteiger partial charge in [-0.2, -0.15) is 17.6 Å². The molecular weight excluding hydrogens is 303 g/mol. The maximum atomic E-state index is 13.7. The molecule has 21 heavy (non-hydrogen) atoms. The van der Waals surface area contributed by atoms with Crippen molar-refractivity contribution in [3.8, 4) is 0 Å². The van der Waals surface area contributed by atoms with Crippen molar-refractivity contribution in [2.24, 2.45) is 0 Å². The highest BCUT2D eigenvalue weighted by Gasteiger charge is 2.30. The molecule has 1 amide bonds. The number of carbonyl (C=O) groups is 1. The van der Waals surface area contributed by atoms with Gasteiger partial charge in [-0.05, 0) is 6.07 Å². The van der Waals surface area contributed by atoms with Crippen LogP contribution in [-0.4, -0.2) is 35.5 Å². The molecule has 10 heteroatoms. The Bertz CT molecular complexity index is 574. The zero-order valence-electron chi connectivity index (χ0n) is 10.6. The number of alkyl halides is 3. The number of amides is 1. The van der Waals surface area contributed by atoms with E-state index in [0.29, 0.717) is 11.0 Å². The second-order valence-electron chi connectivity index (χ2n) is 4.14. The number of halogens is 5. The molecule has 1 aromatic rings. The van der Waals surface area contributed by atoms with Crippen molar-refractivity contribution in [3.63, 3.8) is 0 Å². The molecule has 0 N–H and O–H groups in total. The summed E-state index contributed by atoms with van der Waals surface area (Å²) in [5.41, 5.74) is -2.26. The summed E-state index contributed by atoms with van der Waals surface area (Å²) in [6, 6.07) is 0.677. The van der Waals surface area contributed by atoms with E-state index < -0.39 is 52.9 Å². The lowest BCUT2D eigenvalue weighted by Crippen LogP contribution is -2.31. The highest BCUT2D eigenvalue weighted by atomic mass is 19.4. The van der Waals surface area contributed by atoms with Crippen molar-refractivity contribution < 1.29 is 31.7 Å². The number of nitro groups is 1. The molecule has 0 aromatic heterocycles. The zero-order valence-corrected chi connectivity index (χ0v) is 10.6. The molecule has 0 bridgehead atoms. The maximum absolute atomic E-state index is 13.7. The Labute approximate surface area is 115 Å². The molecule has 0 saturated heterocycles. The molecule has 0 atom stereocenters. The third-order valence-corrected chi connectivity index (χ3v) is 2.52. The molecule has 0 aliphatic heterocycles. The first-order valence-corrected chi connectivity index (χ1v) is 5.48. The molecule has 0 aliphatic rings. The van der Waals surface area contributed by atoms with Crippen LogP contribution in [0.3, 0.4) is 0 Å². The Morgan fingerprint density at radius 2 is 1.90 bits per heavy atom. The van der Waals surface area contributed by atoms with Gasteiger partial charge in [0.1, 0.15) is 5.82 Å². The lowest BCUT2D eigenvalue weighted by molar-refractivity contribution is -0.387. The standard InChI is InChI=1S/C11H9F5N2O3/c1-17(3-2-11(14,15)16)10(19)7-4-6(12)5-8(9(7)13)18(20)21/h4-5H,2-3H2,1H3. The Balaban J connectivity index is 3.05. The minimum Gasteiger partial charge on any atom is -0.341 e. The number of benzene rings is 1. The first-order chi connectivity index (χ1) is 9.53. The van der Waals surface area contributed by atoms with Crippen LogP contribution in [0.4, 0.5) is 27.6 Å². The van der Waals surface area contributed by atoms with Crippen LogP contribution < -0.4 is 0 Å². The van der Waals surface area contributed by atoms with E-state index in [-0.39, 0.29) is 6.07 Å². The minimum absolute atomic E-state index is 0.280. The molecule has 0 heterocycles. The smallest absolute Gasteiger partial charge is 0.341 e. The molecule has 0 aliphatic carbocycles. The van der Waals surface area contributed by atoms with Crippen LogP contribution in [0.5, 0.6) is 0 Å². The quantitative estimate of drug-likeness (QED) is 0.488. The summed E-state index contributed by atoms with van der Waals surface area (Å²) < 4.78 is 63.0. The molecular formula is C11H9F5N2O3. The molecule has 0 unspecified atom stereocenters. The van der Waals surface area contributed by atoms with Gasteiger partial charge in [-0.1, -0.05) is 0 Å². The second kappa shape index (κ2) is 6.02. The number of nitrogens with zero attached hydrogens (tertiary/aromatic N) is 2. The fourth-order valence-corrected chi connectivity index (χ4v) is 1.46. The summed E-state index contributed by atoms with van der Waals surface area (Å²) in [6.45, 7) is -0.786. The van der Waals surface area contributed by atoms with Gasteiger partial charge in [-0.15, -0.1) is 0 Å². The predicted molar refractivity (Wildman–Crippen MR) is 60.6 cm³/mol. The zero-order chi connectivity index (χ0) is 16.4. The van der Waals surface area contributed by atoms with Gasteiger partial charge in [0.15, 0.2) is 0 Å². The van der Waals surface area contributed by atoms with Crippen molar-refractivity contribution >= 4 is 11.6 Å². The van der Waals surface area contributed by atoms with E-state index in [1.54, 1.807) is 0 Å². The van der Waals surface area contributed by atoms with E-state index >= 15 is 0 Å². The Morgan fingerprint density at radius 1 is 1.33 bits per heavy atom. The normalized spacial score (nSPS) is 11.3. The second-order valence-corrected chi connectivity index (χ2v) is 4.14. The minimum atomic E-state index is -4.53. The van der Waals surface area contributed by atoms with Crippen LogP contribution in [0, 0.1) is 21.7 Å². The van der Waals surface area contributed by atoms with E-state index in [2.05, 4.69) is 0 Å². The van der Waals surface area contributed by atoms with Gasteiger partial charge < -0.3 is 4.90 Å². The van der Waals surface area contributed by atoms with Crippen LogP contribution in [0.1, 0.15) is 16.8 Å². The van der Waals surface area contributed by atoms with Crippen LogP contribution in [0.15, 0.2) is 12.1 Å². The summed E-state index contributed by atoms with van der Waals surface area (Å²) in [5, 5.41) is 10.5. The number of nitro benzene ring substituents is 1. The lowest BCUT2D eigenvalue weighted by Gasteiger charge is -2.18. The average Bonchev–Trinajstić information content (AvgIpc) is 2.36. The number of hydrogen-bond acceptors (Lipinski definition) is 3. The first-order valence-electron chi connectivity index (χ1n) is 5.48. The average molecular weight is 312 g/mol. The van der Waals surface area contributed by atoms with Gasteiger partial charge >= 0.3 is 11.9 Å². The Kier molecular flexibility index (Phi) is 4.81. The van der Waals surface area contributed by atoms with Gasteiger partial charge in [0.05, 0.1) is 23.0 Å². The largest absolute Gasteiger partial charge is 0.390 e. The van der Waals surface area contributed by atoms with Gasteiger partial charge in [0, 0.05) is 13.6 Å². The van der Waals surface area contributed by atoms with E-state index in [4.69, 9.17) is 0 Å². The highest BCUT2D eigenvalue weighted by Crippen LogP contribution is 2.24. The monoisotopic (exact) mass is 312 g/mol. The molecule has 116 valence electrons. The summed E-state index contributed by atoms with van der Waals surface area (Å²) in [7, 11) is 0.949. The van der Waals surface area contributed by atoms with Crippen molar-refractivity contribution in [3.05, 3.63) is 39.4 Å². The van der Waals surface area contributed by atoms with Crippen molar-refractivity contribution in [2.75, 3.05) is 13.6 Å². The summed E-state index contributed by atoms with van der Waals surface area (Å²) >= 11 is 0. The molecule has 0 spiro atoms. The summed E-state index contributed by atoms with van der Waals surface area (Å²) in [4.78, 5) is 21.5. The fraction of sp³-hybridized carbons (Fsp3) is 0.364. The van der Waals surface area contributed by atoms with Crippen LogP contribution in [0.25, 0.3) is 0 Å². The Morgan fingerprint density at radius 3 is 2.38 bits per heavy atom. The van der Waals surface area contributed by atoms with E-state index in [1.807, 2.05) is 0 Å². The maximum Gasteiger partial charge on any atom is 0.390 e. The predicted octanol–water partition coefficient (Wildman–Crippen LogP) is 2.90. The molecule has 0 radical (unpaired) electrons. The number of carbonyl (C=O) groups excluding carboxylic acids is 1. The number of hydrogen-bond donors (Lipinski definition) is 0. The first kappa shape index (κ1) is 16.8. The number of rotatable bonds is 4. The molecule has 5 nitrogen and oxygen atoms in total. The van der Waals surface area contributed by atoms with E-state index in [9.17, 15) is 36.9 Å². The third kappa shape index (κ3) is 4.36. The van der Waals surface area contributed by atoms with Gasteiger partial charge in [-0.25, -0.2) is 4.39 Å². The SMILES string of the molecule is CN(CCC(F)(F)F)C(=O)c1cc(F)cc([N+](=O)[O-])c1F. The van der Waals surface area contributed by atoms with Gasteiger partial charge in [0.2, 0.25) is 5.82 Å². The summed E-state index contributed by atoms with van der Waals surface area (Å²) in [6.07, 6.45) is -5.87. The fourth-order valence-electron chi connectivity index (χ4n) is 1.46. The van der Waals surface area contributed by atoms with Crippen LogP contribution in [-0.2, 0) is 0 Å². The van der Waals surface area contributed by atoms with Gasteiger partial charge in [0.25, 0.3) is 5.91 Å². The van der Waals surface area contributed by atoms with Crippen LogP contribution in [0.2, 0.25) is 0 Å². The third-order valence-electron chi connectivity index (χ3n) is 2.52.